The summed E-state index contributed by atoms with van der Waals surface area (Å²) >= 11 is 0. The Bertz CT molecular complexity index is 149. The molecule has 0 spiro atoms. The van der Waals surface area contributed by atoms with Gasteiger partial charge >= 0.3 is 0 Å². The average molecular weight is 146 g/mol. The van der Waals surface area contributed by atoms with Gasteiger partial charge in [0.2, 0.25) is 0 Å². The molecule has 0 aromatic carbocycles. The van der Waals surface area contributed by atoms with E-state index >= 15 is 0 Å². The number of allylic oxidation sites excluding steroid dienone is 1. The van der Waals surface area contributed by atoms with Gasteiger partial charge in [-0.2, -0.15) is 0 Å². The first-order valence-corrected chi connectivity index (χ1v) is 5.70. The number of hydrogen-bond acceptors (Lipinski definition) is 1. The van der Waals surface area contributed by atoms with E-state index in [2.05, 4.69) is 6.58 Å². The molecule has 0 rings (SSSR count). The third kappa shape index (κ3) is 4.47. The first kappa shape index (κ1) is 8.97. The Morgan fingerprint density at radius 2 is 2.11 bits per heavy atom. The highest BCUT2D eigenvalue weighted by atomic mass is 31.2. The van der Waals surface area contributed by atoms with Crippen LogP contribution in [0.1, 0.15) is 13.8 Å². The summed E-state index contributed by atoms with van der Waals surface area (Å²) in [6.07, 6.45) is 1.50. The van der Waals surface area contributed by atoms with Crippen molar-refractivity contribution in [3.63, 3.8) is 0 Å². The van der Waals surface area contributed by atoms with E-state index in [1.165, 1.54) is 0 Å². The molecule has 0 saturated heterocycles. The number of hydrogen-bond donors (Lipinski definition) is 0. The normalized spacial score (nSPS) is 16.8. The Kier molecular flexibility index (Phi) is 3.21. The Morgan fingerprint density at radius 1 is 1.67 bits per heavy atom. The van der Waals surface area contributed by atoms with Crippen LogP contribution in [0.2, 0.25) is 0 Å². The summed E-state index contributed by atoms with van der Waals surface area (Å²) < 4.78 is 11.3. The Morgan fingerprint density at radius 3 is 2.22 bits per heavy atom. The lowest BCUT2D eigenvalue weighted by molar-refractivity contribution is 0.580. The van der Waals surface area contributed by atoms with E-state index in [9.17, 15) is 4.57 Å². The molecule has 2 heteroatoms. The van der Waals surface area contributed by atoms with Crippen LogP contribution in [-0.4, -0.2) is 19.0 Å². The molecule has 0 aromatic rings. The molecule has 0 bridgehead atoms. The van der Waals surface area contributed by atoms with Gasteiger partial charge in [0.05, 0.1) is 7.14 Å². The van der Waals surface area contributed by atoms with Gasteiger partial charge < -0.3 is 4.57 Å². The quantitative estimate of drug-likeness (QED) is 0.441. The maximum Gasteiger partial charge on any atom is 0.0884 e. The molecule has 0 fully saturated rings. The van der Waals surface area contributed by atoms with E-state index < -0.39 is 7.14 Å². The van der Waals surface area contributed by atoms with Crippen molar-refractivity contribution in [1.82, 2.24) is 0 Å². The van der Waals surface area contributed by atoms with Crippen molar-refractivity contribution in [3.05, 3.63) is 12.2 Å². The zero-order chi connectivity index (χ0) is 7.49. The maximum absolute atomic E-state index is 11.3. The van der Waals surface area contributed by atoms with Gasteiger partial charge in [-0.15, -0.1) is 0 Å². The van der Waals surface area contributed by atoms with Crippen molar-refractivity contribution >= 4 is 7.14 Å². The van der Waals surface area contributed by atoms with Crippen LogP contribution in [0, 0.1) is 0 Å². The van der Waals surface area contributed by atoms with Gasteiger partial charge in [0.25, 0.3) is 0 Å². The smallest absolute Gasteiger partial charge is 0.0884 e. The summed E-state index contributed by atoms with van der Waals surface area (Å²) in [6.45, 7) is 9.44. The molecular weight excluding hydrogens is 131 g/mol. The molecule has 0 aliphatic heterocycles. The predicted octanol–water partition coefficient (Wildman–Crippen LogP) is 2.58. The summed E-state index contributed by atoms with van der Waals surface area (Å²) in [5, 5.41) is 0. The fraction of sp³-hybridized carbons (Fsp3) is 0.714. The molecule has 1 unspecified atom stereocenters. The van der Waals surface area contributed by atoms with Gasteiger partial charge in [0.1, 0.15) is 0 Å². The average Bonchev–Trinajstić information content (AvgIpc) is 1.63. The SMILES string of the molecule is C=C(C)CP(C)(=O)CC. The molecule has 0 heterocycles. The topological polar surface area (TPSA) is 17.1 Å². The molecule has 0 aliphatic rings. The largest absolute Gasteiger partial charge is 0.324 e. The van der Waals surface area contributed by atoms with Crippen molar-refractivity contribution in [2.24, 2.45) is 0 Å². The van der Waals surface area contributed by atoms with Gasteiger partial charge in [-0.1, -0.05) is 19.1 Å². The monoisotopic (exact) mass is 146 g/mol. The lowest BCUT2D eigenvalue weighted by atomic mass is 10.4. The van der Waals surface area contributed by atoms with Crippen LogP contribution in [0.5, 0.6) is 0 Å². The lowest BCUT2D eigenvalue weighted by Gasteiger charge is -2.08. The van der Waals surface area contributed by atoms with E-state index in [4.69, 9.17) is 0 Å². The summed E-state index contributed by atoms with van der Waals surface area (Å²) in [4.78, 5) is 0. The van der Waals surface area contributed by atoms with Crippen LogP contribution in [0.4, 0.5) is 0 Å². The molecule has 1 nitrogen and oxygen atoms in total. The van der Waals surface area contributed by atoms with E-state index in [1.807, 2.05) is 20.5 Å². The molecule has 9 heavy (non-hydrogen) atoms. The minimum absolute atomic E-state index is 0.712. The Labute approximate surface area is 57.5 Å². The molecule has 0 radical (unpaired) electrons. The summed E-state index contributed by atoms with van der Waals surface area (Å²) in [7, 11) is -1.83. The fourth-order valence-corrected chi connectivity index (χ4v) is 2.05. The van der Waals surface area contributed by atoms with Crippen molar-refractivity contribution < 1.29 is 4.57 Å². The van der Waals surface area contributed by atoms with Crippen LogP contribution in [0.15, 0.2) is 12.2 Å². The minimum atomic E-state index is -1.83. The lowest BCUT2D eigenvalue weighted by Crippen LogP contribution is -1.90. The van der Waals surface area contributed by atoms with Crippen molar-refractivity contribution in [1.29, 1.82) is 0 Å². The van der Waals surface area contributed by atoms with E-state index in [1.54, 1.807) is 0 Å². The zero-order valence-corrected chi connectivity index (χ0v) is 7.37. The Hall–Kier alpha value is -0.0300. The standard InChI is InChI=1S/C7H15OP/c1-5-9(4,8)6-7(2)3/h2,5-6H2,1,3-4H3. The molecular formula is C7H15OP. The first-order chi connectivity index (χ1) is 3.98. The summed E-state index contributed by atoms with van der Waals surface area (Å²) in [5.74, 6) is 0. The molecule has 0 saturated carbocycles. The number of rotatable bonds is 3. The molecule has 0 N–H and O–H groups in total. The van der Waals surface area contributed by atoms with Gasteiger partial charge in [0, 0.05) is 6.16 Å². The molecule has 1 atom stereocenters. The predicted molar refractivity (Wildman–Crippen MR) is 43.8 cm³/mol. The minimum Gasteiger partial charge on any atom is -0.324 e. The van der Waals surface area contributed by atoms with Gasteiger partial charge in [-0.3, -0.25) is 0 Å². The van der Waals surface area contributed by atoms with E-state index in [0.717, 1.165) is 11.7 Å². The van der Waals surface area contributed by atoms with Gasteiger partial charge in [-0.25, -0.2) is 0 Å². The highest BCUT2D eigenvalue weighted by Crippen LogP contribution is 2.41. The van der Waals surface area contributed by atoms with Crippen LogP contribution < -0.4 is 0 Å². The summed E-state index contributed by atoms with van der Waals surface area (Å²) in [5.41, 5.74) is 1.03. The second kappa shape index (κ2) is 3.22. The van der Waals surface area contributed by atoms with Crippen LogP contribution in [-0.2, 0) is 4.57 Å². The molecule has 0 amide bonds. The van der Waals surface area contributed by atoms with Crippen LogP contribution in [0.25, 0.3) is 0 Å². The maximum atomic E-state index is 11.3. The van der Waals surface area contributed by atoms with E-state index in [0.29, 0.717) is 6.16 Å². The van der Waals surface area contributed by atoms with Crippen molar-refractivity contribution in [3.8, 4) is 0 Å². The third-order valence-corrected chi connectivity index (χ3v) is 3.82. The van der Waals surface area contributed by atoms with Crippen LogP contribution >= 0.6 is 7.14 Å². The van der Waals surface area contributed by atoms with Gasteiger partial charge in [0.15, 0.2) is 0 Å². The molecule has 54 valence electrons. The highest BCUT2D eigenvalue weighted by molar-refractivity contribution is 7.63. The first-order valence-electron chi connectivity index (χ1n) is 3.18. The van der Waals surface area contributed by atoms with Gasteiger partial charge in [-0.05, 0) is 19.8 Å². The molecule has 0 aromatic heterocycles. The fourth-order valence-electron chi connectivity index (χ4n) is 0.683. The Balaban J connectivity index is 3.88. The van der Waals surface area contributed by atoms with Crippen molar-refractivity contribution in [2.75, 3.05) is 19.0 Å². The highest BCUT2D eigenvalue weighted by Gasteiger charge is 2.10. The summed E-state index contributed by atoms with van der Waals surface area (Å²) in [6, 6.07) is 0. The van der Waals surface area contributed by atoms with E-state index in [-0.39, 0.29) is 0 Å². The molecule has 0 aliphatic carbocycles. The second-order valence-electron chi connectivity index (χ2n) is 2.73. The van der Waals surface area contributed by atoms with Crippen LogP contribution in [0.3, 0.4) is 0 Å². The zero-order valence-electron chi connectivity index (χ0n) is 6.48. The second-order valence-corrected chi connectivity index (χ2v) is 6.27. The third-order valence-electron chi connectivity index (χ3n) is 1.27. The van der Waals surface area contributed by atoms with Crippen molar-refractivity contribution in [2.45, 2.75) is 13.8 Å².